The minimum atomic E-state index is -2.54. The maximum atomic E-state index is 11.2. The van der Waals surface area contributed by atoms with Crippen molar-refractivity contribution in [3.63, 3.8) is 0 Å². The molecule has 0 atom stereocenters. The predicted octanol–water partition coefficient (Wildman–Crippen LogP) is 1.91. The van der Waals surface area contributed by atoms with Crippen LogP contribution >= 0.6 is 8.38 Å². The molecular weight excluding hydrogens is 215 g/mol. The summed E-state index contributed by atoms with van der Waals surface area (Å²) in [5.41, 5.74) is -0.372. The molecular formula is C10H13O4P. The first-order valence-electron chi connectivity index (χ1n) is 4.49. The van der Waals surface area contributed by atoms with Gasteiger partial charge in [0.1, 0.15) is 5.75 Å². The highest BCUT2D eigenvalue weighted by molar-refractivity contribution is 7.65. The SMILES string of the molecule is CC(C)Oc1ccc(C(=O)P(O)O)cc1. The molecule has 0 spiro atoms. The summed E-state index contributed by atoms with van der Waals surface area (Å²) >= 11 is 0. The molecule has 82 valence electrons. The van der Waals surface area contributed by atoms with Gasteiger partial charge in [0, 0.05) is 5.56 Å². The Labute approximate surface area is 89.4 Å². The van der Waals surface area contributed by atoms with Gasteiger partial charge in [-0.2, -0.15) is 0 Å². The molecule has 1 aromatic rings. The molecule has 15 heavy (non-hydrogen) atoms. The van der Waals surface area contributed by atoms with E-state index in [1.54, 1.807) is 12.1 Å². The van der Waals surface area contributed by atoms with E-state index in [9.17, 15) is 4.79 Å². The van der Waals surface area contributed by atoms with E-state index in [0.29, 0.717) is 5.75 Å². The minimum absolute atomic E-state index is 0.0689. The van der Waals surface area contributed by atoms with Crippen LogP contribution in [0.4, 0.5) is 0 Å². The molecule has 0 radical (unpaired) electrons. The number of carbonyl (C=O) groups excluding carboxylic acids is 1. The fourth-order valence-electron chi connectivity index (χ4n) is 1.06. The normalized spacial score (nSPS) is 10.8. The summed E-state index contributed by atoms with van der Waals surface area (Å²) in [7, 11) is -2.54. The Morgan fingerprint density at radius 3 is 2.20 bits per heavy atom. The van der Waals surface area contributed by atoms with Crippen molar-refractivity contribution in [2.24, 2.45) is 0 Å². The summed E-state index contributed by atoms with van der Waals surface area (Å²) in [6.45, 7) is 3.81. The first-order valence-corrected chi connectivity index (χ1v) is 5.74. The molecule has 0 aliphatic rings. The Morgan fingerprint density at radius 2 is 1.80 bits per heavy atom. The number of hydrogen-bond acceptors (Lipinski definition) is 4. The van der Waals surface area contributed by atoms with Crippen LogP contribution in [0.2, 0.25) is 0 Å². The molecule has 0 saturated carbocycles. The quantitative estimate of drug-likeness (QED) is 0.772. The molecule has 1 rings (SSSR count). The van der Waals surface area contributed by atoms with Gasteiger partial charge in [0.2, 0.25) is 13.9 Å². The third kappa shape index (κ3) is 3.59. The maximum absolute atomic E-state index is 11.2. The van der Waals surface area contributed by atoms with Gasteiger partial charge in [0.05, 0.1) is 6.10 Å². The van der Waals surface area contributed by atoms with Crippen LogP contribution in [0.5, 0.6) is 5.75 Å². The summed E-state index contributed by atoms with van der Waals surface area (Å²) in [4.78, 5) is 28.6. The summed E-state index contributed by atoms with van der Waals surface area (Å²) in [6.07, 6.45) is 0.0689. The van der Waals surface area contributed by atoms with Crippen LogP contribution in [0.25, 0.3) is 0 Å². The molecule has 1 aromatic carbocycles. The number of benzene rings is 1. The standard InChI is InChI=1S/C10H13O4P/c1-7(2)14-9-5-3-8(4-6-9)10(11)15(12)13/h3-7,12-13H,1-2H3. The van der Waals surface area contributed by atoms with Gasteiger partial charge in [-0.1, -0.05) is 0 Å². The van der Waals surface area contributed by atoms with Crippen LogP contribution < -0.4 is 4.74 Å². The van der Waals surface area contributed by atoms with Gasteiger partial charge < -0.3 is 14.5 Å². The number of carbonyl (C=O) groups is 1. The Hall–Kier alpha value is -0.960. The lowest BCUT2D eigenvalue weighted by Crippen LogP contribution is -2.05. The third-order valence-electron chi connectivity index (χ3n) is 1.65. The van der Waals surface area contributed by atoms with Gasteiger partial charge in [0.25, 0.3) is 0 Å². The van der Waals surface area contributed by atoms with Crippen molar-refractivity contribution in [2.75, 3.05) is 0 Å². The molecule has 0 saturated heterocycles. The lowest BCUT2D eigenvalue weighted by atomic mass is 10.2. The van der Waals surface area contributed by atoms with Gasteiger partial charge >= 0.3 is 0 Å². The molecule has 0 unspecified atom stereocenters. The molecule has 0 bridgehead atoms. The van der Waals surface area contributed by atoms with E-state index in [0.717, 1.165) is 0 Å². The lowest BCUT2D eigenvalue weighted by molar-refractivity contribution is 0.106. The summed E-state index contributed by atoms with van der Waals surface area (Å²) in [5, 5.41) is 0. The highest BCUT2D eigenvalue weighted by Crippen LogP contribution is 2.29. The van der Waals surface area contributed by atoms with E-state index in [1.165, 1.54) is 12.1 Å². The molecule has 5 heteroatoms. The van der Waals surface area contributed by atoms with Crippen LogP contribution in [0.15, 0.2) is 24.3 Å². The molecule has 0 aliphatic carbocycles. The van der Waals surface area contributed by atoms with Crippen molar-refractivity contribution in [1.29, 1.82) is 0 Å². The van der Waals surface area contributed by atoms with Crippen LogP contribution in [-0.2, 0) is 0 Å². The van der Waals surface area contributed by atoms with Gasteiger partial charge in [-0.3, -0.25) is 4.79 Å². The van der Waals surface area contributed by atoms with Crippen molar-refractivity contribution in [2.45, 2.75) is 20.0 Å². The fourth-order valence-corrected chi connectivity index (χ4v) is 1.44. The smallest absolute Gasteiger partial charge is 0.243 e. The largest absolute Gasteiger partial charge is 0.491 e. The topological polar surface area (TPSA) is 66.8 Å². The van der Waals surface area contributed by atoms with E-state index in [2.05, 4.69) is 0 Å². The first-order chi connectivity index (χ1) is 7.00. The maximum Gasteiger partial charge on any atom is 0.243 e. The highest BCUT2D eigenvalue weighted by atomic mass is 31.2. The zero-order chi connectivity index (χ0) is 11.4. The second-order valence-corrected chi connectivity index (χ2v) is 4.27. The fraction of sp³-hybridized carbons (Fsp3) is 0.300. The summed E-state index contributed by atoms with van der Waals surface area (Å²) in [6, 6.07) is 6.29. The van der Waals surface area contributed by atoms with E-state index >= 15 is 0 Å². The zero-order valence-electron chi connectivity index (χ0n) is 8.54. The molecule has 0 aromatic heterocycles. The van der Waals surface area contributed by atoms with Crippen LogP contribution in [0, 0.1) is 0 Å². The zero-order valence-corrected chi connectivity index (χ0v) is 9.44. The average Bonchev–Trinajstić information content (AvgIpc) is 2.17. The van der Waals surface area contributed by atoms with E-state index in [1.807, 2.05) is 13.8 Å². The van der Waals surface area contributed by atoms with Crippen molar-refractivity contribution >= 4 is 13.9 Å². The minimum Gasteiger partial charge on any atom is -0.491 e. The molecule has 0 aliphatic heterocycles. The van der Waals surface area contributed by atoms with Gasteiger partial charge in [-0.05, 0) is 38.1 Å². The van der Waals surface area contributed by atoms with Crippen LogP contribution in [0.1, 0.15) is 24.2 Å². The molecule has 2 N–H and O–H groups in total. The number of rotatable bonds is 4. The lowest BCUT2D eigenvalue weighted by Gasteiger charge is -2.09. The first kappa shape index (κ1) is 12.1. The molecule has 4 nitrogen and oxygen atoms in total. The van der Waals surface area contributed by atoms with Gasteiger partial charge in [-0.25, -0.2) is 0 Å². The summed E-state index contributed by atoms with van der Waals surface area (Å²) < 4.78 is 5.38. The van der Waals surface area contributed by atoms with Crippen molar-refractivity contribution in [3.8, 4) is 5.75 Å². The van der Waals surface area contributed by atoms with Gasteiger partial charge in [0.15, 0.2) is 0 Å². The number of ether oxygens (including phenoxy) is 1. The monoisotopic (exact) mass is 228 g/mol. The van der Waals surface area contributed by atoms with Crippen LogP contribution in [0.3, 0.4) is 0 Å². The molecule has 0 heterocycles. The van der Waals surface area contributed by atoms with E-state index in [4.69, 9.17) is 14.5 Å². The van der Waals surface area contributed by atoms with E-state index < -0.39 is 13.9 Å². The Balaban J connectivity index is 2.76. The Bertz CT molecular complexity index is 332. The van der Waals surface area contributed by atoms with Crippen LogP contribution in [-0.4, -0.2) is 21.4 Å². The third-order valence-corrected chi connectivity index (χ3v) is 2.28. The second kappa shape index (κ2) is 5.21. The van der Waals surface area contributed by atoms with E-state index in [-0.39, 0.29) is 11.7 Å². The van der Waals surface area contributed by atoms with Crippen molar-refractivity contribution in [3.05, 3.63) is 29.8 Å². The van der Waals surface area contributed by atoms with Gasteiger partial charge in [-0.15, -0.1) is 0 Å². The second-order valence-electron chi connectivity index (χ2n) is 3.29. The summed E-state index contributed by atoms with van der Waals surface area (Å²) in [5.74, 6) is 0.654. The Kier molecular flexibility index (Phi) is 4.21. The van der Waals surface area contributed by atoms with Crippen molar-refractivity contribution < 1.29 is 19.3 Å². The average molecular weight is 228 g/mol. The predicted molar refractivity (Wildman–Crippen MR) is 57.9 cm³/mol. The highest BCUT2D eigenvalue weighted by Gasteiger charge is 2.14. The number of hydrogen-bond donors (Lipinski definition) is 2. The molecule has 0 amide bonds. The van der Waals surface area contributed by atoms with Crippen molar-refractivity contribution in [1.82, 2.24) is 0 Å². The molecule has 0 fully saturated rings. The Morgan fingerprint density at radius 1 is 1.27 bits per heavy atom.